The minimum atomic E-state index is 1.04. The average Bonchev–Trinajstić information content (AvgIpc) is 2.86. The van der Waals surface area contributed by atoms with Crippen LogP contribution in [-0.4, -0.2) is 38.1 Å². The number of hydrogen-bond donors (Lipinski definition) is 0. The molecule has 0 saturated carbocycles. The molecule has 0 atom stereocenters. The van der Waals surface area contributed by atoms with Crippen molar-refractivity contribution in [1.29, 1.82) is 0 Å². The number of benzene rings is 2. The van der Waals surface area contributed by atoms with E-state index in [9.17, 15) is 0 Å². The van der Waals surface area contributed by atoms with Crippen LogP contribution >= 0.6 is 0 Å². The molecule has 1 fully saturated rings. The van der Waals surface area contributed by atoms with E-state index >= 15 is 0 Å². The second-order valence-corrected chi connectivity index (χ2v) is 5.87. The van der Waals surface area contributed by atoms with Crippen LogP contribution in [0.15, 0.2) is 36.4 Å². The summed E-state index contributed by atoms with van der Waals surface area (Å²) in [6, 6.07) is 16.7. The molecule has 2 aromatic carbocycles. The topological polar surface area (TPSA) is 6.48 Å². The number of nitrogens with zero attached hydrogens (tertiary/aromatic N) is 2. The van der Waals surface area contributed by atoms with E-state index in [4.69, 9.17) is 0 Å². The zero-order chi connectivity index (χ0) is 13.5. The van der Waals surface area contributed by atoms with Gasteiger partial charge in [0.15, 0.2) is 0 Å². The van der Waals surface area contributed by atoms with Gasteiger partial charge in [-0.25, -0.2) is 0 Å². The molecule has 20 heavy (non-hydrogen) atoms. The first kappa shape index (κ1) is 12.0. The van der Waals surface area contributed by atoms with E-state index in [1.165, 1.54) is 27.9 Å². The minimum absolute atomic E-state index is 1.04. The Morgan fingerprint density at radius 3 is 2.70 bits per heavy atom. The quantitative estimate of drug-likeness (QED) is 0.666. The SMILES string of the molecule is CN1CCN(c2ccc3c(c2)-c2ccc[c]c2C3)CC1. The third-order valence-corrected chi connectivity index (χ3v) is 4.56. The van der Waals surface area contributed by atoms with Crippen LogP contribution in [-0.2, 0) is 6.42 Å². The van der Waals surface area contributed by atoms with E-state index in [1.807, 2.05) is 6.07 Å². The highest BCUT2D eigenvalue weighted by atomic mass is 15.2. The zero-order valence-electron chi connectivity index (χ0n) is 11.9. The molecule has 101 valence electrons. The molecule has 1 radical (unpaired) electrons. The molecular weight excluding hydrogens is 244 g/mol. The van der Waals surface area contributed by atoms with Gasteiger partial charge in [0.05, 0.1) is 0 Å². The van der Waals surface area contributed by atoms with Crippen molar-refractivity contribution in [1.82, 2.24) is 4.90 Å². The van der Waals surface area contributed by atoms with Crippen LogP contribution in [0.3, 0.4) is 0 Å². The van der Waals surface area contributed by atoms with Crippen molar-refractivity contribution >= 4 is 5.69 Å². The third kappa shape index (κ3) is 1.92. The van der Waals surface area contributed by atoms with E-state index in [0.29, 0.717) is 0 Å². The molecule has 1 heterocycles. The van der Waals surface area contributed by atoms with E-state index in [2.05, 4.69) is 53.2 Å². The third-order valence-electron chi connectivity index (χ3n) is 4.56. The summed E-state index contributed by atoms with van der Waals surface area (Å²) in [4.78, 5) is 4.90. The van der Waals surface area contributed by atoms with Crippen molar-refractivity contribution in [3.05, 3.63) is 53.6 Å². The Labute approximate surface area is 120 Å². The highest BCUT2D eigenvalue weighted by molar-refractivity contribution is 5.79. The summed E-state index contributed by atoms with van der Waals surface area (Å²) in [5.41, 5.74) is 6.94. The Bertz CT molecular complexity index is 640. The Morgan fingerprint density at radius 1 is 1.00 bits per heavy atom. The Balaban J connectivity index is 1.69. The van der Waals surface area contributed by atoms with Gasteiger partial charge in [0, 0.05) is 31.9 Å². The zero-order valence-corrected chi connectivity index (χ0v) is 11.9. The molecule has 4 rings (SSSR count). The maximum absolute atomic E-state index is 3.38. The molecule has 2 nitrogen and oxygen atoms in total. The normalized spacial score (nSPS) is 17.9. The van der Waals surface area contributed by atoms with E-state index in [-0.39, 0.29) is 0 Å². The Morgan fingerprint density at radius 2 is 1.85 bits per heavy atom. The van der Waals surface area contributed by atoms with Crippen molar-refractivity contribution in [2.24, 2.45) is 0 Å². The van der Waals surface area contributed by atoms with Crippen molar-refractivity contribution < 1.29 is 0 Å². The maximum Gasteiger partial charge on any atom is 0.0373 e. The molecule has 2 aliphatic rings. The number of fused-ring (bicyclic) bond motifs is 3. The molecule has 0 aromatic heterocycles. The fourth-order valence-electron chi connectivity index (χ4n) is 3.29. The lowest BCUT2D eigenvalue weighted by molar-refractivity contribution is 0.313. The molecule has 0 bridgehead atoms. The molecule has 1 saturated heterocycles. The number of piperazine rings is 1. The minimum Gasteiger partial charge on any atom is -0.369 e. The fraction of sp³-hybridized carbons (Fsp3) is 0.333. The molecular formula is C18H19N2. The maximum atomic E-state index is 3.38. The largest absolute Gasteiger partial charge is 0.369 e. The van der Waals surface area contributed by atoms with Gasteiger partial charge in [0.2, 0.25) is 0 Å². The van der Waals surface area contributed by atoms with Crippen LogP contribution in [0, 0.1) is 6.07 Å². The first-order chi connectivity index (χ1) is 9.81. The van der Waals surface area contributed by atoms with Crippen LogP contribution < -0.4 is 4.90 Å². The molecule has 0 amide bonds. The van der Waals surface area contributed by atoms with Crippen LogP contribution in [0.2, 0.25) is 0 Å². The average molecular weight is 263 g/mol. The summed E-state index contributed by atoms with van der Waals surface area (Å²) >= 11 is 0. The predicted molar refractivity (Wildman–Crippen MR) is 83.2 cm³/mol. The number of rotatable bonds is 1. The Hall–Kier alpha value is -1.80. The lowest BCUT2D eigenvalue weighted by Crippen LogP contribution is -2.44. The molecule has 2 aromatic rings. The molecule has 0 unspecified atom stereocenters. The Kier molecular flexibility index (Phi) is 2.78. The van der Waals surface area contributed by atoms with Gasteiger partial charge in [-0.3, -0.25) is 0 Å². The summed E-state index contributed by atoms with van der Waals surface area (Å²) in [5.74, 6) is 0. The monoisotopic (exact) mass is 263 g/mol. The van der Waals surface area contributed by atoms with Crippen molar-refractivity contribution in [3.63, 3.8) is 0 Å². The number of hydrogen-bond acceptors (Lipinski definition) is 2. The van der Waals surface area contributed by atoms with Crippen LogP contribution in [0.1, 0.15) is 11.1 Å². The highest BCUT2D eigenvalue weighted by Gasteiger charge is 2.20. The summed E-state index contributed by atoms with van der Waals surface area (Å²) in [6.45, 7) is 4.56. The highest BCUT2D eigenvalue weighted by Crippen LogP contribution is 2.38. The first-order valence-corrected chi connectivity index (χ1v) is 7.37. The summed E-state index contributed by atoms with van der Waals surface area (Å²) in [7, 11) is 2.20. The van der Waals surface area contributed by atoms with Crippen LogP contribution in [0.25, 0.3) is 11.1 Å². The lowest BCUT2D eigenvalue weighted by atomic mass is 10.0. The van der Waals surface area contributed by atoms with Gasteiger partial charge < -0.3 is 9.80 Å². The van der Waals surface area contributed by atoms with E-state index in [1.54, 1.807) is 0 Å². The van der Waals surface area contributed by atoms with Crippen molar-refractivity contribution in [2.45, 2.75) is 6.42 Å². The smallest absolute Gasteiger partial charge is 0.0373 e. The fourth-order valence-corrected chi connectivity index (χ4v) is 3.29. The van der Waals surface area contributed by atoms with Gasteiger partial charge >= 0.3 is 0 Å². The summed E-state index contributed by atoms with van der Waals surface area (Å²) in [5, 5.41) is 0. The lowest BCUT2D eigenvalue weighted by Gasteiger charge is -2.34. The summed E-state index contributed by atoms with van der Waals surface area (Å²) < 4.78 is 0. The molecule has 2 heteroatoms. The number of likely N-dealkylation sites (N-methyl/N-ethyl adjacent to an activating group) is 1. The standard InChI is InChI=1S/C18H19N2/c1-19-8-10-20(11-9-19)16-7-6-15-12-14-4-2-3-5-17(14)18(15)13-16/h2-3,5-7,13H,8-12H2,1H3. The van der Waals surface area contributed by atoms with Gasteiger partial charge in [-0.05, 0) is 53.9 Å². The molecule has 1 aliphatic heterocycles. The van der Waals surface area contributed by atoms with Gasteiger partial charge in [-0.1, -0.05) is 24.3 Å². The van der Waals surface area contributed by atoms with Crippen LogP contribution in [0.5, 0.6) is 0 Å². The number of anilines is 1. The van der Waals surface area contributed by atoms with Gasteiger partial charge in [0.25, 0.3) is 0 Å². The first-order valence-electron chi connectivity index (χ1n) is 7.37. The van der Waals surface area contributed by atoms with Crippen molar-refractivity contribution in [3.8, 4) is 11.1 Å². The molecule has 0 N–H and O–H groups in total. The van der Waals surface area contributed by atoms with Gasteiger partial charge in [0.1, 0.15) is 0 Å². The van der Waals surface area contributed by atoms with Gasteiger partial charge in [-0.2, -0.15) is 0 Å². The molecule has 0 spiro atoms. The van der Waals surface area contributed by atoms with Gasteiger partial charge in [-0.15, -0.1) is 0 Å². The molecule has 1 aliphatic carbocycles. The summed E-state index contributed by atoms with van der Waals surface area (Å²) in [6.07, 6.45) is 1.04. The van der Waals surface area contributed by atoms with Crippen molar-refractivity contribution in [2.75, 3.05) is 38.1 Å². The second-order valence-electron chi connectivity index (χ2n) is 5.87. The van der Waals surface area contributed by atoms with E-state index < -0.39 is 0 Å². The van der Waals surface area contributed by atoms with Crippen LogP contribution in [0.4, 0.5) is 5.69 Å². The van der Waals surface area contributed by atoms with E-state index in [0.717, 1.165) is 32.6 Å². The second kappa shape index (κ2) is 4.64. The predicted octanol–water partition coefficient (Wildman–Crippen LogP) is 2.81.